The Hall–Kier alpha value is -2.28. The van der Waals surface area contributed by atoms with Gasteiger partial charge in [0.2, 0.25) is 0 Å². The van der Waals surface area contributed by atoms with E-state index in [0.29, 0.717) is 11.4 Å². The van der Waals surface area contributed by atoms with Gasteiger partial charge in [-0.1, -0.05) is 25.9 Å². The van der Waals surface area contributed by atoms with Crippen molar-refractivity contribution in [3.05, 3.63) is 39.7 Å². The average Bonchev–Trinajstić information content (AvgIpc) is 2.85. The van der Waals surface area contributed by atoms with E-state index in [4.69, 9.17) is 10.3 Å². The zero-order chi connectivity index (χ0) is 15.8. The molecule has 1 heterocycles. The fraction of sp³-hybridized carbons (Fsp3) is 0.429. The Morgan fingerprint density at radius 1 is 1.33 bits per heavy atom. The van der Waals surface area contributed by atoms with Gasteiger partial charge >= 0.3 is 0 Å². The van der Waals surface area contributed by atoms with Crippen LogP contribution in [0.4, 0.5) is 5.69 Å². The van der Waals surface area contributed by atoms with Gasteiger partial charge in [-0.25, -0.2) is 0 Å². The van der Waals surface area contributed by atoms with Crippen molar-refractivity contribution in [1.82, 2.24) is 10.1 Å². The Morgan fingerprint density at radius 2 is 2.00 bits per heavy atom. The Labute approximate surface area is 122 Å². The predicted octanol–water partition coefficient (Wildman–Crippen LogP) is 3.00. The highest BCUT2D eigenvalue weighted by Gasteiger charge is 2.27. The van der Waals surface area contributed by atoms with Crippen molar-refractivity contribution in [3.63, 3.8) is 0 Å². The van der Waals surface area contributed by atoms with Crippen LogP contribution >= 0.6 is 0 Å². The summed E-state index contributed by atoms with van der Waals surface area (Å²) in [5.41, 5.74) is 7.12. The van der Waals surface area contributed by atoms with Crippen LogP contribution in [0.2, 0.25) is 0 Å². The smallest absolute Gasteiger partial charge is 0.270 e. The molecule has 2 aromatic rings. The van der Waals surface area contributed by atoms with E-state index in [2.05, 4.69) is 10.1 Å². The maximum absolute atomic E-state index is 10.9. The number of nitrogens with two attached hydrogens (primary N) is 1. The summed E-state index contributed by atoms with van der Waals surface area (Å²) >= 11 is 0. The van der Waals surface area contributed by atoms with Gasteiger partial charge in [0.05, 0.1) is 11.0 Å². The van der Waals surface area contributed by atoms with Gasteiger partial charge < -0.3 is 10.3 Å². The number of non-ortho nitro benzene ring substituents is 1. The van der Waals surface area contributed by atoms with Gasteiger partial charge in [-0.05, 0) is 24.0 Å². The van der Waals surface area contributed by atoms with Crippen LogP contribution in [0, 0.1) is 22.5 Å². The topological polar surface area (TPSA) is 108 Å². The molecule has 1 aromatic carbocycles. The van der Waals surface area contributed by atoms with Crippen molar-refractivity contribution in [2.75, 3.05) is 0 Å². The van der Waals surface area contributed by atoms with Crippen LogP contribution in [0.1, 0.15) is 38.2 Å². The number of nitro benzene ring substituents is 1. The minimum absolute atomic E-state index is 0.00938. The summed E-state index contributed by atoms with van der Waals surface area (Å²) < 4.78 is 5.19. The molecule has 112 valence electrons. The average molecular weight is 290 g/mol. The first-order chi connectivity index (χ1) is 9.68. The number of rotatable bonds is 3. The van der Waals surface area contributed by atoms with Gasteiger partial charge in [0.15, 0.2) is 5.82 Å². The van der Waals surface area contributed by atoms with E-state index in [9.17, 15) is 10.1 Å². The number of hydrogen-bond donors (Lipinski definition) is 1. The zero-order valence-corrected chi connectivity index (χ0v) is 12.5. The lowest BCUT2D eigenvalue weighted by atomic mass is 9.87. The van der Waals surface area contributed by atoms with E-state index >= 15 is 0 Å². The van der Waals surface area contributed by atoms with Gasteiger partial charge in [-0.15, -0.1) is 0 Å². The van der Waals surface area contributed by atoms with Gasteiger partial charge in [0.1, 0.15) is 0 Å². The molecule has 2 rings (SSSR count). The van der Waals surface area contributed by atoms with Gasteiger partial charge in [0.25, 0.3) is 11.6 Å². The summed E-state index contributed by atoms with van der Waals surface area (Å²) in [5.74, 6) is 0.623. The van der Waals surface area contributed by atoms with Crippen LogP contribution in [0.15, 0.2) is 22.7 Å². The third-order valence-electron chi connectivity index (χ3n) is 3.17. The number of nitro groups is 1. The van der Waals surface area contributed by atoms with Gasteiger partial charge in [-0.2, -0.15) is 4.98 Å². The SMILES string of the molecule is Cc1cc(-c2nc(C(N)C(C)(C)C)no2)cc([N+](=O)[O-])c1. The lowest BCUT2D eigenvalue weighted by molar-refractivity contribution is -0.384. The lowest BCUT2D eigenvalue weighted by Crippen LogP contribution is -2.27. The summed E-state index contributed by atoms with van der Waals surface area (Å²) in [6.07, 6.45) is 0. The normalized spacial score (nSPS) is 13.2. The fourth-order valence-electron chi connectivity index (χ4n) is 1.86. The molecule has 1 aromatic heterocycles. The maximum atomic E-state index is 10.9. The van der Waals surface area contributed by atoms with Crippen molar-refractivity contribution in [2.45, 2.75) is 33.7 Å². The highest BCUT2D eigenvalue weighted by molar-refractivity contribution is 5.59. The molecule has 7 heteroatoms. The molecular formula is C14H18N4O3. The standard InChI is InChI=1S/C14H18N4O3/c1-8-5-9(7-10(6-8)18(19)20)13-16-12(17-21-13)11(15)14(2,3)4/h5-7,11H,15H2,1-4H3. The van der Waals surface area contributed by atoms with Crippen LogP contribution in [-0.4, -0.2) is 15.1 Å². The Kier molecular flexibility index (Phi) is 3.78. The first kappa shape index (κ1) is 15.1. The minimum Gasteiger partial charge on any atom is -0.334 e. The molecule has 0 saturated carbocycles. The number of aromatic nitrogens is 2. The summed E-state index contributed by atoms with van der Waals surface area (Å²) in [6, 6.07) is 4.27. The molecule has 0 saturated heterocycles. The van der Waals surface area contributed by atoms with Crippen LogP contribution < -0.4 is 5.73 Å². The zero-order valence-electron chi connectivity index (χ0n) is 12.5. The third kappa shape index (κ3) is 3.25. The first-order valence-corrected chi connectivity index (χ1v) is 6.54. The maximum Gasteiger partial charge on any atom is 0.270 e. The van der Waals surface area contributed by atoms with Crippen molar-refractivity contribution in [3.8, 4) is 11.5 Å². The molecule has 21 heavy (non-hydrogen) atoms. The third-order valence-corrected chi connectivity index (χ3v) is 3.17. The molecule has 0 radical (unpaired) electrons. The lowest BCUT2D eigenvalue weighted by Gasteiger charge is -2.23. The number of hydrogen-bond acceptors (Lipinski definition) is 6. The monoisotopic (exact) mass is 290 g/mol. The molecule has 0 fully saturated rings. The molecule has 0 aliphatic heterocycles. The predicted molar refractivity (Wildman–Crippen MR) is 77.5 cm³/mol. The minimum atomic E-state index is -0.450. The Balaban J connectivity index is 2.40. The van der Waals surface area contributed by atoms with Crippen molar-refractivity contribution in [2.24, 2.45) is 11.1 Å². The van der Waals surface area contributed by atoms with Crippen LogP contribution in [0.25, 0.3) is 11.5 Å². The van der Waals surface area contributed by atoms with Crippen LogP contribution in [0.5, 0.6) is 0 Å². The van der Waals surface area contributed by atoms with Crippen LogP contribution in [0.3, 0.4) is 0 Å². The fourth-order valence-corrected chi connectivity index (χ4v) is 1.86. The van der Waals surface area contributed by atoms with E-state index < -0.39 is 4.92 Å². The summed E-state index contributed by atoms with van der Waals surface area (Å²) in [5, 5.41) is 14.8. The largest absolute Gasteiger partial charge is 0.334 e. The molecule has 0 aliphatic rings. The summed E-state index contributed by atoms with van der Waals surface area (Å²) in [6.45, 7) is 7.70. The highest BCUT2D eigenvalue weighted by Crippen LogP contribution is 2.31. The van der Waals surface area contributed by atoms with Gasteiger partial charge in [0, 0.05) is 17.7 Å². The number of benzene rings is 1. The van der Waals surface area contributed by atoms with E-state index in [1.54, 1.807) is 13.0 Å². The van der Waals surface area contributed by atoms with Crippen molar-refractivity contribution in [1.29, 1.82) is 0 Å². The number of aryl methyl sites for hydroxylation is 1. The van der Waals surface area contributed by atoms with Crippen molar-refractivity contribution < 1.29 is 9.45 Å². The molecule has 0 bridgehead atoms. The second kappa shape index (κ2) is 5.25. The molecule has 0 spiro atoms. The second-order valence-corrected chi connectivity index (χ2v) is 6.12. The summed E-state index contributed by atoms with van der Waals surface area (Å²) in [7, 11) is 0. The molecule has 2 N–H and O–H groups in total. The Morgan fingerprint density at radius 3 is 2.57 bits per heavy atom. The molecule has 1 atom stereocenters. The quantitative estimate of drug-likeness (QED) is 0.687. The second-order valence-electron chi connectivity index (χ2n) is 6.12. The van der Waals surface area contributed by atoms with E-state index in [-0.39, 0.29) is 23.0 Å². The summed E-state index contributed by atoms with van der Waals surface area (Å²) in [4.78, 5) is 14.7. The molecular weight excluding hydrogens is 272 g/mol. The number of nitrogens with zero attached hydrogens (tertiary/aromatic N) is 3. The first-order valence-electron chi connectivity index (χ1n) is 6.54. The van der Waals surface area contributed by atoms with E-state index in [1.807, 2.05) is 20.8 Å². The molecule has 7 nitrogen and oxygen atoms in total. The van der Waals surface area contributed by atoms with E-state index in [0.717, 1.165) is 5.56 Å². The highest BCUT2D eigenvalue weighted by atomic mass is 16.6. The van der Waals surface area contributed by atoms with Crippen molar-refractivity contribution >= 4 is 5.69 Å². The van der Waals surface area contributed by atoms with Gasteiger partial charge in [-0.3, -0.25) is 10.1 Å². The Bertz CT molecular complexity index is 673. The van der Waals surface area contributed by atoms with Crippen LogP contribution in [-0.2, 0) is 0 Å². The molecule has 0 aliphatic carbocycles. The molecule has 1 unspecified atom stereocenters. The molecule has 0 amide bonds. The van der Waals surface area contributed by atoms with E-state index in [1.165, 1.54) is 12.1 Å².